The van der Waals surface area contributed by atoms with Gasteiger partial charge in [0.25, 0.3) is 0 Å². The second-order valence-corrected chi connectivity index (χ2v) is 4.89. The third-order valence-corrected chi connectivity index (χ3v) is 3.09. The van der Waals surface area contributed by atoms with Crippen molar-refractivity contribution in [2.24, 2.45) is 5.73 Å². The lowest BCUT2D eigenvalue weighted by Gasteiger charge is -2.11. The average molecular weight is 244 g/mol. The first-order valence-electron chi connectivity index (χ1n) is 6.26. The van der Waals surface area contributed by atoms with Crippen molar-refractivity contribution in [3.8, 4) is 5.69 Å². The molecule has 0 aliphatic rings. The molecule has 2 aromatic rings. The summed E-state index contributed by atoms with van der Waals surface area (Å²) in [6.45, 7) is 8.74. The zero-order chi connectivity index (χ0) is 13.3. The van der Waals surface area contributed by atoms with Gasteiger partial charge in [-0.25, -0.2) is 4.68 Å². The quantitative estimate of drug-likeness (QED) is 0.902. The maximum absolute atomic E-state index is 5.82. The molecule has 0 aliphatic carbocycles. The summed E-state index contributed by atoms with van der Waals surface area (Å²) < 4.78 is 1.90. The molecule has 2 aromatic heterocycles. The van der Waals surface area contributed by atoms with Crippen LogP contribution in [-0.4, -0.2) is 14.8 Å². The van der Waals surface area contributed by atoms with E-state index >= 15 is 0 Å². The normalized spacial score (nSPS) is 11.2. The molecule has 2 rings (SSSR count). The predicted octanol–water partition coefficient (Wildman–Crippen LogP) is 2.47. The standard InChI is InChI=1S/C14H20N4/c1-9(2)13-5-6-18(17-13)14-7-10(3)16-11(4)12(14)8-15/h5-7,9H,8,15H2,1-4H3. The van der Waals surface area contributed by atoms with Crippen molar-refractivity contribution < 1.29 is 0 Å². The van der Waals surface area contributed by atoms with Gasteiger partial charge >= 0.3 is 0 Å². The molecule has 0 saturated carbocycles. The monoisotopic (exact) mass is 244 g/mol. The molecule has 0 radical (unpaired) electrons. The van der Waals surface area contributed by atoms with Crippen LogP contribution >= 0.6 is 0 Å². The lowest BCUT2D eigenvalue weighted by atomic mass is 10.1. The molecular formula is C14H20N4. The highest BCUT2D eigenvalue weighted by Gasteiger charge is 2.11. The minimum atomic E-state index is 0.427. The van der Waals surface area contributed by atoms with Gasteiger partial charge in [-0.3, -0.25) is 4.98 Å². The summed E-state index contributed by atoms with van der Waals surface area (Å²) in [7, 11) is 0. The van der Waals surface area contributed by atoms with Crippen LogP contribution in [0.1, 0.15) is 42.4 Å². The third kappa shape index (κ3) is 2.29. The molecule has 4 nitrogen and oxygen atoms in total. The Kier molecular flexibility index (Phi) is 3.48. The SMILES string of the molecule is Cc1cc(-n2ccc(C(C)C)n2)c(CN)c(C)n1. The number of hydrogen-bond donors (Lipinski definition) is 1. The molecule has 0 atom stereocenters. The molecule has 2 N–H and O–H groups in total. The van der Waals surface area contributed by atoms with Crippen molar-refractivity contribution in [3.05, 3.63) is 41.0 Å². The lowest BCUT2D eigenvalue weighted by molar-refractivity contribution is 0.759. The first kappa shape index (κ1) is 12.8. The van der Waals surface area contributed by atoms with Gasteiger partial charge in [0, 0.05) is 29.7 Å². The average Bonchev–Trinajstić information content (AvgIpc) is 2.77. The molecule has 0 saturated heterocycles. The van der Waals surface area contributed by atoms with Crippen molar-refractivity contribution in [1.29, 1.82) is 0 Å². The number of nitrogens with two attached hydrogens (primary N) is 1. The molecule has 18 heavy (non-hydrogen) atoms. The molecule has 0 fully saturated rings. The van der Waals surface area contributed by atoms with Crippen LogP contribution < -0.4 is 5.73 Å². The highest BCUT2D eigenvalue weighted by Crippen LogP contribution is 2.19. The summed E-state index contributed by atoms with van der Waals surface area (Å²) in [5, 5.41) is 4.60. The summed E-state index contributed by atoms with van der Waals surface area (Å²) in [5.41, 5.74) is 11.0. The molecule has 2 heterocycles. The highest BCUT2D eigenvalue weighted by molar-refractivity contribution is 5.44. The minimum absolute atomic E-state index is 0.427. The van der Waals surface area contributed by atoms with Crippen molar-refractivity contribution in [2.45, 2.75) is 40.2 Å². The van der Waals surface area contributed by atoms with Gasteiger partial charge in [-0.05, 0) is 31.9 Å². The Morgan fingerprint density at radius 3 is 2.61 bits per heavy atom. The first-order valence-corrected chi connectivity index (χ1v) is 6.26. The number of rotatable bonds is 3. The zero-order valence-corrected chi connectivity index (χ0v) is 11.4. The molecule has 0 amide bonds. The van der Waals surface area contributed by atoms with E-state index in [-0.39, 0.29) is 0 Å². The molecular weight excluding hydrogens is 224 g/mol. The Hall–Kier alpha value is -1.68. The van der Waals surface area contributed by atoms with E-state index in [1.165, 1.54) is 0 Å². The smallest absolute Gasteiger partial charge is 0.0726 e. The van der Waals surface area contributed by atoms with Gasteiger partial charge in [0.15, 0.2) is 0 Å². The Labute approximate surface area is 108 Å². The fourth-order valence-electron chi connectivity index (χ4n) is 2.07. The molecule has 0 aliphatic heterocycles. The Balaban J connectivity index is 2.55. The van der Waals surface area contributed by atoms with E-state index in [0.717, 1.165) is 28.3 Å². The van der Waals surface area contributed by atoms with E-state index < -0.39 is 0 Å². The largest absolute Gasteiger partial charge is 0.326 e. The van der Waals surface area contributed by atoms with Crippen molar-refractivity contribution >= 4 is 0 Å². The molecule has 96 valence electrons. The van der Waals surface area contributed by atoms with Gasteiger partial charge in [0.2, 0.25) is 0 Å². The van der Waals surface area contributed by atoms with E-state index in [2.05, 4.69) is 30.0 Å². The van der Waals surface area contributed by atoms with Crippen LogP contribution in [-0.2, 0) is 6.54 Å². The number of nitrogens with zero attached hydrogens (tertiary/aromatic N) is 3. The molecule has 0 bridgehead atoms. The maximum Gasteiger partial charge on any atom is 0.0726 e. The van der Waals surface area contributed by atoms with Crippen molar-refractivity contribution in [3.63, 3.8) is 0 Å². The third-order valence-electron chi connectivity index (χ3n) is 3.09. The van der Waals surface area contributed by atoms with Gasteiger partial charge in [-0.2, -0.15) is 5.10 Å². The zero-order valence-electron chi connectivity index (χ0n) is 11.4. The fourth-order valence-corrected chi connectivity index (χ4v) is 2.07. The number of hydrogen-bond acceptors (Lipinski definition) is 3. The van der Waals surface area contributed by atoms with E-state index in [1.807, 2.05) is 30.8 Å². The summed E-state index contributed by atoms with van der Waals surface area (Å²) >= 11 is 0. The number of pyridine rings is 1. The Bertz CT molecular complexity index is 555. The number of aryl methyl sites for hydroxylation is 2. The van der Waals surface area contributed by atoms with Crippen molar-refractivity contribution in [2.75, 3.05) is 0 Å². The molecule has 0 aromatic carbocycles. The van der Waals surface area contributed by atoms with Crippen molar-refractivity contribution in [1.82, 2.24) is 14.8 Å². The summed E-state index contributed by atoms with van der Waals surface area (Å²) in [6, 6.07) is 4.09. The van der Waals surface area contributed by atoms with Crippen LogP contribution in [0, 0.1) is 13.8 Å². The predicted molar refractivity (Wildman–Crippen MR) is 72.8 cm³/mol. The van der Waals surface area contributed by atoms with E-state index in [1.54, 1.807) is 0 Å². The highest BCUT2D eigenvalue weighted by atomic mass is 15.3. The first-order chi connectivity index (χ1) is 8.52. The Morgan fingerprint density at radius 2 is 2.06 bits per heavy atom. The van der Waals surface area contributed by atoms with Gasteiger partial charge in [-0.15, -0.1) is 0 Å². The van der Waals surface area contributed by atoms with Crippen LogP contribution in [0.25, 0.3) is 5.69 Å². The molecule has 0 spiro atoms. The fraction of sp³-hybridized carbons (Fsp3) is 0.429. The van der Waals surface area contributed by atoms with Gasteiger partial charge in [-0.1, -0.05) is 13.8 Å². The van der Waals surface area contributed by atoms with Crippen LogP contribution in [0.2, 0.25) is 0 Å². The summed E-state index contributed by atoms with van der Waals surface area (Å²) in [4.78, 5) is 4.45. The number of aromatic nitrogens is 3. The summed E-state index contributed by atoms with van der Waals surface area (Å²) in [5.74, 6) is 0.427. The Morgan fingerprint density at radius 1 is 1.33 bits per heavy atom. The second kappa shape index (κ2) is 4.90. The van der Waals surface area contributed by atoms with Crippen LogP contribution in [0.3, 0.4) is 0 Å². The van der Waals surface area contributed by atoms with Gasteiger partial charge < -0.3 is 5.73 Å². The maximum atomic E-state index is 5.82. The van der Waals surface area contributed by atoms with Gasteiger partial charge in [0.05, 0.1) is 11.4 Å². The van der Waals surface area contributed by atoms with Crippen LogP contribution in [0.4, 0.5) is 0 Å². The van der Waals surface area contributed by atoms with Crippen LogP contribution in [0.5, 0.6) is 0 Å². The van der Waals surface area contributed by atoms with Crippen LogP contribution in [0.15, 0.2) is 18.3 Å². The molecule has 0 unspecified atom stereocenters. The lowest BCUT2D eigenvalue weighted by Crippen LogP contribution is -2.10. The van der Waals surface area contributed by atoms with Gasteiger partial charge in [0.1, 0.15) is 0 Å². The second-order valence-electron chi connectivity index (χ2n) is 4.89. The minimum Gasteiger partial charge on any atom is -0.326 e. The van der Waals surface area contributed by atoms with E-state index in [9.17, 15) is 0 Å². The topological polar surface area (TPSA) is 56.7 Å². The summed E-state index contributed by atoms with van der Waals surface area (Å²) in [6.07, 6.45) is 1.99. The molecule has 4 heteroatoms. The van der Waals surface area contributed by atoms with E-state index in [4.69, 9.17) is 5.73 Å². The van der Waals surface area contributed by atoms with E-state index in [0.29, 0.717) is 12.5 Å².